The lowest BCUT2D eigenvalue weighted by molar-refractivity contribution is -0.136. The lowest BCUT2D eigenvalue weighted by Gasteiger charge is -2.08. The number of benzene rings is 1. The molecule has 0 saturated carbocycles. The number of nitrogens with two attached hydrogens (primary N) is 1. The Balaban J connectivity index is 1.51. The number of carboxylic acids is 1. The first-order valence-electron chi connectivity index (χ1n) is 10.9. The number of aromatic amines is 1. The van der Waals surface area contributed by atoms with Gasteiger partial charge in [0.05, 0.1) is 13.0 Å². The molecule has 0 spiro atoms. The van der Waals surface area contributed by atoms with Gasteiger partial charge in [0.2, 0.25) is 0 Å². The Kier molecular flexibility index (Phi) is 8.20. The average Bonchev–Trinajstić information content (AvgIpc) is 3.06. The third kappa shape index (κ3) is 6.30. The number of aromatic nitrogens is 4. The number of H-pyrrole nitrogens is 1. The molecule has 10 nitrogen and oxygen atoms in total. The van der Waals surface area contributed by atoms with Gasteiger partial charge in [0.1, 0.15) is 5.52 Å². The highest BCUT2D eigenvalue weighted by atomic mass is 16.5. The second kappa shape index (κ2) is 11.3. The van der Waals surface area contributed by atoms with E-state index in [9.17, 15) is 9.59 Å². The molecule has 172 valence electrons. The zero-order valence-electron chi connectivity index (χ0n) is 18.3. The second-order valence-electron chi connectivity index (χ2n) is 7.65. The molecular weight excluding hydrogens is 412 g/mol. The zero-order chi connectivity index (χ0) is 22.9. The predicted molar refractivity (Wildman–Crippen MR) is 122 cm³/mol. The van der Waals surface area contributed by atoms with E-state index in [-0.39, 0.29) is 23.9 Å². The van der Waals surface area contributed by atoms with E-state index >= 15 is 0 Å². The maximum absolute atomic E-state index is 12.4. The summed E-state index contributed by atoms with van der Waals surface area (Å²) < 4.78 is 7.12. The Bertz CT molecular complexity index is 1110. The monoisotopic (exact) mass is 442 g/mol. The van der Waals surface area contributed by atoms with Crippen LogP contribution in [0.5, 0.6) is 6.01 Å². The molecular formula is C22H30N6O4. The van der Waals surface area contributed by atoms with Gasteiger partial charge in [-0.3, -0.25) is 9.36 Å². The number of hydrogen-bond donors (Lipinski definition) is 4. The van der Waals surface area contributed by atoms with Crippen molar-refractivity contribution >= 4 is 23.0 Å². The van der Waals surface area contributed by atoms with E-state index < -0.39 is 5.97 Å². The quantitative estimate of drug-likeness (QED) is 0.294. The van der Waals surface area contributed by atoms with Crippen LogP contribution in [0.1, 0.15) is 43.7 Å². The SMILES string of the molecule is CCCCOc1nc(N)c2[nH]c(=O)n(CCCCNCc3cccc(CC(=O)O)c3)c2n1. The number of nitrogen functional groups attached to an aromatic ring is 1. The smallest absolute Gasteiger partial charge is 0.327 e. The van der Waals surface area contributed by atoms with Crippen LogP contribution in [0.4, 0.5) is 5.82 Å². The van der Waals surface area contributed by atoms with Crippen LogP contribution in [0.3, 0.4) is 0 Å². The number of rotatable bonds is 13. The predicted octanol–water partition coefficient (Wildman–Crippen LogP) is 2.08. The van der Waals surface area contributed by atoms with Crippen molar-refractivity contribution in [2.24, 2.45) is 0 Å². The fraction of sp³-hybridized carbons (Fsp3) is 0.455. The fourth-order valence-electron chi connectivity index (χ4n) is 3.39. The molecule has 3 aromatic rings. The van der Waals surface area contributed by atoms with Crippen LogP contribution >= 0.6 is 0 Å². The van der Waals surface area contributed by atoms with Crippen molar-refractivity contribution in [3.8, 4) is 6.01 Å². The molecule has 0 unspecified atom stereocenters. The molecule has 0 aliphatic rings. The molecule has 2 heterocycles. The van der Waals surface area contributed by atoms with E-state index in [2.05, 4.69) is 27.2 Å². The number of aryl methyl sites for hydroxylation is 1. The number of imidazole rings is 1. The molecule has 0 aliphatic heterocycles. The lowest BCUT2D eigenvalue weighted by Crippen LogP contribution is -2.19. The number of anilines is 1. The van der Waals surface area contributed by atoms with Crippen molar-refractivity contribution in [3.05, 3.63) is 45.9 Å². The molecule has 0 bridgehead atoms. The summed E-state index contributed by atoms with van der Waals surface area (Å²) >= 11 is 0. The summed E-state index contributed by atoms with van der Waals surface area (Å²) in [4.78, 5) is 34.4. The maximum atomic E-state index is 12.4. The van der Waals surface area contributed by atoms with Crippen LogP contribution in [0.15, 0.2) is 29.1 Å². The molecule has 3 rings (SSSR count). The molecule has 0 amide bonds. The van der Waals surface area contributed by atoms with E-state index in [1.807, 2.05) is 24.3 Å². The molecule has 0 atom stereocenters. The highest BCUT2D eigenvalue weighted by molar-refractivity contribution is 5.81. The zero-order valence-corrected chi connectivity index (χ0v) is 18.3. The minimum atomic E-state index is -0.839. The normalized spacial score (nSPS) is 11.2. The van der Waals surface area contributed by atoms with Gasteiger partial charge in [-0.05, 0) is 36.9 Å². The van der Waals surface area contributed by atoms with Crippen molar-refractivity contribution in [1.29, 1.82) is 0 Å². The Labute approximate surface area is 185 Å². The van der Waals surface area contributed by atoms with Crippen molar-refractivity contribution < 1.29 is 14.6 Å². The molecule has 10 heteroatoms. The highest BCUT2D eigenvalue weighted by Crippen LogP contribution is 2.18. The van der Waals surface area contributed by atoms with Crippen LogP contribution in [0, 0.1) is 0 Å². The largest absolute Gasteiger partial charge is 0.481 e. The van der Waals surface area contributed by atoms with Gasteiger partial charge in [0, 0.05) is 13.1 Å². The van der Waals surface area contributed by atoms with Crippen LogP contribution in [-0.4, -0.2) is 43.7 Å². The number of nitrogens with one attached hydrogen (secondary N) is 2. The maximum Gasteiger partial charge on any atom is 0.327 e. The van der Waals surface area contributed by atoms with Crippen LogP contribution in [-0.2, 0) is 24.3 Å². The number of carboxylic acid groups (broad SMARTS) is 1. The van der Waals surface area contributed by atoms with Gasteiger partial charge >= 0.3 is 17.7 Å². The van der Waals surface area contributed by atoms with Crippen LogP contribution in [0.2, 0.25) is 0 Å². The van der Waals surface area contributed by atoms with E-state index in [4.69, 9.17) is 15.6 Å². The van der Waals surface area contributed by atoms with Crippen LogP contribution in [0.25, 0.3) is 11.2 Å². The van der Waals surface area contributed by atoms with E-state index in [1.165, 1.54) is 0 Å². The van der Waals surface area contributed by atoms with Gasteiger partial charge in [-0.1, -0.05) is 37.6 Å². The first-order valence-corrected chi connectivity index (χ1v) is 10.9. The first kappa shape index (κ1) is 23.3. The molecule has 0 saturated heterocycles. The van der Waals surface area contributed by atoms with E-state index in [0.717, 1.165) is 43.4 Å². The highest BCUT2D eigenvalue weighted by Gasteiger charge is 2.14. The number of carbonyl (C=O) groups is 1. The van der Waals surface area contributed by atoms with Gasteiger partial charge < -0.3 is 25.9 Å². The summed E-state index contributed by atoms with van der Waals surface area (Å²) in [6.45, 7) is 4.49. The van der Waals surface area contributed by atoms with Gasteiger partial charge in [-0.2, -0.15) is 9.97 Å². The molecule has 5 N–H and O–H groups in total. The Morgan fingerprint density at radius 1 is 1.25 bits per heavy atom. The van der Waals surface area contributed by atoms with Crippen molar-refractivity contribution in [1.82, 2.24) is 24.8 Å². The number of ether oxygens (including phenoxy) is 1. The molecule has 2 aromatic heterocycles. The van der Waals surface area contributed by atoms with Gasteiger partial charge in [0.15, 0.2) is 11.5 Å². The summed E-state index contributed by atoms with van der Waals surface area (Å²) in [6.07, 6.45) is 3.53. The third-order valence-corrected chi connectivity index (χ3v) is 5.02. The summed E-state index contributed by atoms with van der Waals surface area (Å²) in [5.41, 5.74) is 8.42. The molecule has 0 aliphatic carbocycles. The van der Waals surface area contributed by atoms with E-state index in [1.54, 1.807) is 4.57 Å². The number of nitrogens with zero attached hydrogens (tertiary/aromatic N) is 3. The third-order valence-electron chi connectivity index (χ3n) is 5.02. The Morgan fingerprint density at radius 2 is 2.06 bits per heavy atom. The number of fused-ring (bicyclic) bond motifs is 1. The van der Waals surface area contributed by atoms with Gasteiger partial charge in [-0.25, -0.2) is 4.79 Å². The molecule has 0 fully saturated rings. The summed E-state index contributed by atoms with van der Waals surface area (Å²) in [7, 11) is 0. The number of hydrogen-bond acceptors (Lipinski definition) is 7. The van der Waals surface area contributed by atoms with Crippen molar-refractivity contribution in [3.63, 3.8) is 0 Å². The molecule has 32 heavy (non-hydrogen) atoms. The molecule has 1 aromatic carbocycles. The number of unbranched alkanes of at least 4 members (excludes halogenated alkanes) is 2. The Morgan fingerprint density at radius 3 is 2.84 bits per heavy atom. The summed E-state index contributed by atoms with van der Waals surface area (Å²) in [5, 5.41) is 12.3. The lowest BCUT2D eigenvalue weighted by atomic mass is 10.1. The minimum Gasteiger partial charge on any atom is -0.481 e. The summed E-state index contributed by atoms with van der Waals surface area (Å²) in [5.74, 6) is -0.640. The number of aliphatic carboxylic acids is 1. The van der Waals surface area contributed by atoms with Crippen molar-refractivity contribution in [2.75, 3.05) is 18.9 Å². The average molecular weight is 443 g/mol. The topological polar surface area (TPSA) is 148 Å². The minimum absolute atomic E-state index is 0.0205. The molecule has 0 radical (unpaired) electrons. The standard InChI is InChI=1S/C22H30N6O4/c1-2-3-11-32-21-26-19(23)18-20(27-21)28(22(31)25-18)10-5-4-9-24-14-16-8-6-7-15(12-16)13-17(29)30/h6-8,12,24H,2-5,9-11,13-14H2,1H3,(H,25,31)(H,29,30)(H2,23,26,27). The summed E-state index contributed by atoms with van der Waals surface area (Å²) in [6, 6.07) is 7.73. The van der Waals surface area contributed by atoms with Crippen molar-refractivity contribution in [2.45, 2.75) is 52.1 Å². The van der Waals surface area contributed by atoms with Crippen LogP contribution < -0.4 is 21.5 Å². The second-order valence-corrected chi connectivity index (χ2v) is 7.65. The van der Waals surface area contributed by atoms with E-state index in [0.29, 0.717) is 30.9 Å². The van der Waals surface area contributed by atoms with Gasteiger partial charge in [-0.15, -0.1) is 0 Å². The Hall–Kier alpha value is -3.40. The van der Waals surface area contributed by atoms with Gasteiger partial charge in [0.25, 0.3) is 0 Å². The fourth-order valence-corrected chi connectivity index (χ4v) is 3.39. The first-order chi connectivity index (χ1) is 15.5.